The van der Waals surface area contributed by atoms with Crippen molar-refractivity contribution >= 4 is 23.2 Å². The van der Waals surface area contributed by atoms with Gasteiger partial charge in [-0.05, 0) is 81.1 Å². The lowest BCUT2D eigenvalue weighted by molar-refractivity contribution is -0.105. The highest BCUT2D eigenvalue weighted by molar-refractivity contribution is 6.03. The number of anilines is 3. The van der Waals surface area contributed by atoms with Gasteiger partial charge >= 0.3 is 0 Å². The van der Waals surface area contributed by atoms with Crippen molar-refractivity contribution in [3.63, 3.8) is 0 Å². The van der Waals surface area contributed by atoms with E-state index < -0.39 is 11.5 Å². The molecule has 1 fully saturated rings. The number of nitrogens with zero attached hydrogens (tertiary/aromatic N) is 4. The highest BCUT2D eigenvalue weighted by atomic mass is 19.1. The van der Waals surface area contributed by atoms with Crippen molar-refractivity contribution in [3.05, 3.63) is 88.1 Å². The molecule has 0 bridgehead atoms. The summed E-state index contributed by atoms with van der Waals surface area (Å²) in [6, 6.07) is 14.6. The third-order valence-corrected chi connectivity index (χ3v) is 8.75. The van der Waals surface area contributed by atoms with E-state index in [9.17, 15) is 9.18 Å². The first-order chi connectivity index (χ1) is 21.9. The second-order valence-electron chi connectivity index (χ2n) is 12.7. The molecule has 6 rings (SSSR count). The quantitative estimate of drug-likeness (QED) is 0.244. The second-order valence-corrected chi connectivity index (χ2v) is 12.7. The summed E-state index contributed by atoms with van der Waals surface area (Å²) >= 11 is 0. The van der Waals surface area contributed by atoms with Gasteiger partial charge in [0.15, 0.2) is 11.4 Å². The first-order valence-electron chi connectivity index (χ1n) is 15.4. The Morgan fingerprint density at radius 1 is 0.913 bits per heavy atom. The molecular formula is C35H40FN5O5. The van der Waals surface area contributed by atoms with Gasteiger partial charge in [0, 0.05) is 32.6 Å². The Balaban J connectivity index is 1.16. The zero-order valence-corrected chi connectivity index (χ0v) is 27.4. The molecule has 0 aliphatic carbocycles. The van der Waals surface area contributed by atoms with E-state index in [2.05, 4.69) is 62.0 Å². The first-order valence-corrected chi connectivity index (χ1v) is 15.4. The summed E-state index contributed by atoms with van der Waals surface area (Å²) in [5, 5.41) is 2.81. The molecule has 2 aromatic carbocycles. The van der Waals surface area contributed by atoms with Crippen LogP contribution in [-0.4, -0.2) is 56.3 Å². The molecule has 2 aliphatic rings. The Bertz CT molecular complexity index is 1750. The van der Waals surface area contributed by atoms with Gasteiger partial charge in [0.05, 0.1) is 31.1 Å². The Morgan fingerprint density at radius 2 is 1.52 bits per heavy atom. The van der Waals surface area contributed by atoms with Crippen LogP contribution >= 0.6 is 0 Å². The van der Waals surface area contributed by atoms with Gasteiger partial charge in [0.2, 0.25) is 17.7 Å². The standard InChI is InChI=1S/C35H40FN5O5/c1-21-18-24-25(35(4,5)46-34(24,2)3)20-22(21)19-23-12-13-28(45-23)30(42)37-29-31(43-6)38-33(39-32(29)44-7)41-16-14-40(15-17-41)27-11-9-8-10-26(27)36/h8-13,18,20H,14-17,19H2,1-7H3,(H,37,42). The number of aryl methyl sites for hydroxylation is 1. The minimum Gasteiger partial charge on any atom is -0.479 e. The van der Waals surface area contributed by atoms with Gasteiger partial charge in [-0.1, -0.05) is 24.3 Å². The lowest BCUT2D eigenvalue weighted by Gasteiger charge is -2.36. The van der Waals surface area contributed by atoms with Gasteiger partial charge in [0.25, 0.3) is 5.91 Å². The number of benzene rings is 2. The van der Waals surface area contributed by atoms with E-state index in [1.54, 1.807) is 18.2 Å². The average Bonchev–Trinajstić information content (AvgIpc) is 3.56. The average molecular weight is 630 g/mol. The summed E-state index contributed by atoms with van der Waals surface area (Å²) in [5.41, 5.74) is 4.61. The highest BCUT2D eigenvalue weighted by Gasteiger charge is 2.43. The third-order valence-electron chi connectivity index (χ3n) is 8.75. The Kier molecular flexibility index (Phi) is 8.14. The Hall–Kier alpha value is -4.64. The van der Waals surface area contributed by atoms with Gasteiger partial charge in [-0.2, -0.15) is 9.97 Å². The fourth-order valence-electron chi connectivity index (χ4n) is 6.45. The first kappa shape index (κ1) is 31.3. The normalized spacial score (nSPS) is 16.7. The Morgan fingerprint density at radius 3 is 2.15 bits per heavy atom. The molecule has 1 saturated heterocycles. The number of nitrogens with one attached hydrogen (secondary N) is 1. The molecule has 46 heavy (non-hydrogen) atoms. The fourth-order valence-corrected chi connectivity index (χ4v) is 6.45. The number of hydrogen-bond acceptors (Lipinski definition) is 9. The van der Waals surface area contributed by atoms with Gasteiger partial charge < -0.3 is 33.7 Å². The molecule has 1 N–H and O–H groups in total. The number of aromatic nitrogens is 2. The van der Waals surface area contributed by atoms with Crippen molar-refractivity contribution < 1.29 is 27.8 Å². The molecule has 10 nitrogen and oxygen atoms in total. The number of piperazine rings is 1. The van der Waals surface area contributed by atoms with Crippen LogP contribution in [0.3, 0.4) is 0 Å². The number of carbonyl (C=O) groups excluding carboxylic acids is 1. The largest absolute Gasteiger partial charge is 0.479 e. The maximum atomic E-state index is 14.3. The topological polar surface area (TPSA) is 102 Å². The fraction of sp³-hybridized carbons (Fsp3) is 0.400. The number of para-hydroxylation sites is 1. The summed E-state index contributed by atoms with van der Waals surface area (Å²) < 4.78 is 37.8. The number of fused-ring (bicyclic) bond motifs is 1. The second kappa shape index (κ2) is 11.9. The molecule has 11 heteroatoms. The molecule has 1 amide bonds. The van der Waals surface area contributed by atoms with Crippen LogP contribution in [0.1, 0.15) is 66.3 Å². The Labute approximate surface area is 268 Å². The number of ether oxygens (including phenoxy) is 3. The van der Waals surface area contributed by atoms with E-state index in [0.717, 1.165) is 16.7 Å². The molecule has 0 atom stereocenters. The monoisotopic (exact) mass is 629 g/mol. The predicted molar refractivity (Wildman–Crippen MR) is 174 cm³/mol. The molecule has 242 valence electrons. The van der Waals surface area contributed by atoms with Crippen LogP contribution in [-0.2, 0) is 22.4 Å². The molecule has 2 aliphatic heterocycles. The molecule has 4 aromatic rings. The van der Waals surface area contributed by atoms with Crippen LogP contribution in [0.5, 0.6) is 11.8 Å². The van der Waals surface area contributed by atoms with Crippen LogP contribution in [0, 0.1) is 12.7 Å². The van der Waals surface area contributed by atoms with Crippen LogP contribution in [0.15, 0.2) is 52.9 Å². The van der Waals surface area contributed by atoms with Crippen molar-refractivity contribution in [3.8, 4) is 11.8 Å². The number of amides is 1. The van der Waals surface area contributed by atoms with Crippen molar-refractivity contribution in [2.24, 2.45) is 0 Å². The number of hydrogen-bond donors (Lipinski definition) is 1. The number of carbonyl (C=O) groups is 1. The van der Waals surface area contributed by atoms with E-state index in [1.807, 2.05) is 21.9 Å². The zero-order valence-electron chi connectivity index (χ0n) is 27.4. The van der Waals surface area contributed by atoms with E-state index in [4.69, 9.17) is 18.6 Å². The zero-order chi connectivity index (χ0) is 32.8. The smallest absolute Gasteiger partial charge is 0.291 e. The van der Waals surface area contributed by atoms with E-state index in [0.29, 0.717) is 50.0 Å². The van der Waals surface area contributed by atoms with Crippen molar-refractivity contribution in [1.82, 2.24) is 9.97 Å². The number of furan rings is 1. The number of halogens is 1. The molecule has 0 saturated carbocycles. The summed E-state index contributed by atoms with van der Waals surface area (Å²) in [4.78, 5) is 26.5. The maximum absolute atomic E-state index is 14.3. The van der Waals surface area contributed by atoms with Crippen molar-refractivity contribution in [2.45, 2.75) is 52.2 Å². The molecule has 0 radical (unpaired) electrons. The lowest BCUT2D eigenvalue weighted by Crippen LogP contribution is -2.47. The van der Waals surface area contributed by atoms with E-state index in [-0.39, 0.29) is 34.6 Å². The molecular weight excluding hydrogens is 589 g/mol. The van der Waals surface area contributed by atoms with Crippen LogP contribution < -0.4 is 24.6 Å². The van der Waals surface area contributed by atoms with Gasteiger partial charge in [-0.15, -0.1) is 0 Å². The van der Waals surface area contributed by atoms with Crippen LogP contribution in [0.4, 0.5) is 21.7 Å². The van der Waals surface area contributed by atoms with Gasteiger partial charge in [-0.25, -0.2) is 4.39 Å². The summed E-state index contributed by atoms with van der Waals surface area (Å²) in [7, 11) is 2.93. The highest BCUT2D eigenvalue weighted by Crippen LogP contribution is 2.47. The van der Waals surface area contributed by atoms with Crippen molar-refractivity contribution in [1.29, 1.82) is 0 Å². The van der Waals surface area contributed by atoms with Crippen LogP contribution in [0.2, 0.25) is 0 Å². The van der Waals surface area contributed by atoms with E-state index in [1.165, 1.54) is 25.8 Å². The summed E-state index contributed by atoms with van der Waals surface area (Å²) in [6.45, 7) is 12.7. The molecule has 0 spiro atoms. The predicted octanol–water partition coefficient (Wildman–Crippen LogP) is 6.20. The van der Waals surface area contributed by atoms with Crippen LogP contribution in [0.25, 0.3) is 0 Å². The summed E-state index contributed by atoms with van der Waals surface area (Å²) in [5.74, 6) is 0.753. The van der Waals surface area contributed by atoms with Crippen molar-refractivity contribution in [2.75, 3.05) is 55.5 Å². The molecule has 2 aromatic heterocycles. The lowest BCUT2D eigenvalue weighted by atomic mass is 9.86. The van der Waals surface area contributed by atoms with Gasteiger partial charge in [-0.3, -0.25) is 4.79 Å². The minimum atomic E-state index is -0.486. The maximum Gasteiger partial charge on any atom is 0.291 e. The summed E-state index contributed by atoms with van der Waals surface area (Å²) in [6.07, 6.45) is 0.525. The third kappa shape index (κ3) is 5.87. The molecule has 4 heterocycles. The minimum absolute atomic E-state index is 0.135. The SMILES string of the molecule is COc1nc(N2CCN(c3ccccc3F)CC2)nc(OC)c1NC(=O)c1ccc(Cc2cc3c(cc2C)C(C)(C)OC3(C)C)o1. The molecule has 0 unspecified atom stereocenters. The van der Waals surface area contributed by atoms with E-state index >= 15 is 0 Å². The van der Waals surface area contributed by atoms with Gasteiger partial charge in [0.1, 0.15) is 11.6 Å². The number of methoxy groups -OCH3 is 2. The number of rotatable bonds is 8.